The van der Waals surface area contributed by atoms with Crippen molar-refractivity contribution < 1.29 is 17.9 Å². The van der Waals surface area contributed by atoms with Crippen molar-refractivity contribution in [3.8, 4) is 0 Å². The van der Waals surface area contributed by atoms with Crippen LogP contribution in [-0.4, -0.2) is 54.9 Å². The van der Waals surface area contributed by atoms with E-state index in [1.54, 1.807) is 36.5 Å². The molecule has 0 aliphatic carbocycles. The lowest BCUT2D eigenvalue weighted by Gasteiger charge is -2.26. The Labute approximate surface area is 151 Å². The molecule has 1 aromatic carbocycles. The lowest BCUT2D eigenvalue weighted by atomic mass is 10.2. The minimum Gasteiger partial charge on any atom is -0.379 e. The van der Waals surface area contributed by atoms with Gasteiger partial charge in [0.15, 0.2) is 0 Å². The largest absolute Gasteiger partial charge is 0.379 e. The van der Waals surface area contributed by atoms with Crippen LogP contribution in [0.25, 0.3) is 6.08 Å². The van der Waals surface area contributed by atoms with E-state index < -0.39 is 10.0 Å². The summed E-state index contributed by atoms with van der Waals surface area (Å²) in [6.07, 6.45) is 6.17. The first-order valence-electron chi connectivity index (χ1n) is 8.17. The Bertz CT molecular complexity index is 855. The third-order valence-corrected chi connectivity index (χ3v) is 5.84. The summed E-state index contributed by atoms with van der Waals surface area (Å²) in [6.45, 7) is 1.86. The summed E-state index contributed by atoms with van der Waals surface area (Å²) < 4.78 is 31.7. The van der Waals surface area contributed by atoms with Crippen LogP contribution in [0, 0.1) is 0 Å². The van der Waals surface area contributed by atoms with Crippen LogP contribution in [-0.2, 0) is 26.1 Å². The standard InChI is InChI=1S/C17H20N4O4S/c22-17(6-3-15-12-18-13-20-15)19-11-14-1-4-16(5-2-14)26(23,24)21-7-9-25-10-8-21/h1-6,12-13H,7-11H2,(H,18,20)(H,19,22). The fourth-order valence-corrected chi connectivity index (χ4v) is 3.89. The first-order chi connectivity index (χ1) is 12.6. The highest BCUT2D eigenvalue weighted by Gasteiger charge is 2.25. The van der Waals surface area contributed by atoms with E-state index in [9.17, 15) is 13.2 Å². The molecule has 1 amide bonds. The lowest BCUT2D eigenvalue weighted by Crippen LogP contribution is -2.40. The van der Waals surface area contributed by atoms with E-state index in [2.05, 4.69) is 15.3 Å². The number of morpholine rings is 1. The zero-order valence-corrected chi connectivity index (χ0v) is 14.9. The van der Waals surface area contributed by atoms with Crippen molar-refractivity contribution in [1.29, 1.82) is 0 Å². The molecular formula is C17H20N4O4S. The number of rotatable bonds is 6. The van der Waals surface area contributed by atoms with Crippen LogP contribution in [0.2, 0.25) is 0 Å². The second kappa shape index (κ2) is 8.26. The number of ether oxygens (including phenoxy) is 1. The SMILES string of the molecule is O=C(C=Cc1cnc[nH]1)NCc1ccc(S(=O)(=O)N2CCOCC2)cc1. The van der Waals surface area contributed by atoms with Gasteiger partial charge >= 0.3 is 0 Å². The van der Waals surface area contributed by atoms with Gasteiger partial charge in [-0.2, -0.15) is 4.31 Å². The normalized spacial score (nSPS) is 16.0. The van der Waals surface area contributed by atoms with Crippen LogP contribution in [0.15, 0.2) is 47.8 Å². The van der Waals surface area contributed by atoms with Gasteiger partial charge in [0.05, 0.1) is 36.3 Å². The van der Waals surface area contributed by atoms with Crippen molar-refractivity contribution in [3.63, 3.8) is 0 Å². The fraction of sp³-hybridized carbons (Fsp3) is 0.294. The molecule has 26 heavy (non-hydrogen) atoms. The predicted octanol–water partition coefficient (Wildman–Crippen LogP) is 0.760. The summed E-state index contributed by atoms with van der Waals surface area (Å²) in [6, 6.07) is 6.53. The molecule has 1 aliphatic rings. The Morgan fingerprint density at radius 2 is 2.00 bits per heavy atom. The Balaban J connectivity index is 1.56. The summed E-state index contributed by atoms with van der Waals surface area (Å²) in [5.41, 5.74) is 1.55. The van der Waals surface area contributed by atoms with Crippen molar-refractivity contribution in [2.45, 2.75) is 11.4 Å². The highest BCUT2D eigenvalue weighted by Crippen LogP contribution is 2.17. The van der Waals surface area contributed by atoms with Gasteiger partial charge in [0.25, 0.3) is 0 Å². The molecule has 138 valence electrons. The first kappa shape index (κ1) is 18.3. The molecule has 3 rings (SSSR count). The number of hydrogen-bond donors (Lipinski definition) is 2. The average molecular weight is 376 g/mol. The van der Waals surface area contributed by atoms with E-state index in [-0.39, 0.29) is 10.8 Å². The van der Waals surface area contributed by atoms with E-state index in [0.29, 0.717) is 32.8 Å². The molecule has 2 aromatic rings. The second-order valence-electron chi connectivity index (χ2n) is 5.72. The third kappa shape index (κ3) is 4.57. The van der Waals surface area contributed by atoms with Crippen molar-refractivity contribution in [3.05, 3.63) is 54.1 Å². The van der Waals surface area contributed by atoms with Gasteiger partial charge in [0, 0.05) is 25.7 Å². The molecule has 2 N–H and O–H groups in total. The van der Waals surface area contributed by atoms with Gasteiger partial charge in [0.1, 0.15) is 0 Å². The van der Waals surface area contributed by atoms with Crippen molar-refractivity contribution in [2.24, 2.45) is 0 Å². The summed E-state index contributed by atoms with van der Waals surface area (Å²) in [4.78, 5) is 18.8. The predicted molar refractivity (Wildman–Crippen MR) is 95.5 cm³/mol. The van der Waals surface area contributed by atoms with Crippen LogP contribution in [0.4, 0.5) is 0 Å². The molecule has 1 aromatic heterocycles. The molecule has 2 heterocycles. The van der Waals surface area contributed by atoms with Crippen LogP contribution >= 0.6 is 0 Å². The van der Waals surface area contributed by atoms with Gasteiger partial charge in [-0.25, -0.2) is 13.4 Å². The smallest absolute Gasteiger partial charge is 0.244 e. The molecule has 1 saturated heterocycles. The van der Waals surface area contributed by atoms with Crippen molar-refractivity contribution in [2.75, 3.05) is 26.3 Å². The van der Waals surface area contributed by atoms with Crippen molar-refractivity contribution in [1.82, 2.24) is 19.6 Å². The highest BCUT2D eigenvalue weighted by molar-refractivity contribution is 7.89. The van der Waals surface area contributed by atoms with E-state index in [0.717, 1.165) is 11.3 Å². The molecule has 0 spiro atoms. The maximum absolute atomic E-state index is 12.5. The number of sulfonamides is 1. The van der Waals surface area contributed by atoms with Gasteiger partial charge < -0.3 is 15.0 Å². The monoisotopic (exact) mass is 376 g/mol. The molecule has 0 saturated carbocycles. The molecule has 9 heteroatoms. The minimum absolute atomic E-state index is 0.244. The number of carbonyl (C=O) groups excluding carboxylic acids is 1. The van der Waals surface area contributed by atoms with Crippen LogP contribution in [0.1, 0.15) is 11.3 Å². The van der Waals surface area contributed by atoms with Crippen LogP contribution < -0.4 is 5.32 Å². The van der Waals surface area contributed by atoms with E-state index in [4.69, 9.17) is 4.74 Å². The third-order valence-electron chi connectivity index (χ3n) is 3.93. The minimum atomic E-state index is -3.50. The first-order valence-corrected chi connectivity index (χ1v) is 9.61. The number of aromatic nitrogens is 2. The topological polar surface area (TPSA) is 104 Å². The summed E-state index contributed by atoms with van der Waals surface area (Å²) in [7, 11) is -3.50. The number of aromatic amines is 1. The van der Waals surface area contributed by atoms with Crippen LogP contribution in [0.5, 0.6) is 0 Å². The van der Waals surface area contributed by atoms with Gasteiger partial charge in [-0.05, 0) is 23.8 Å². The number of carbonyl (C=O) groups is 1. The number of amides is 1. The molecule has 0 radical (unpaired) electrons. The van der Waals surface area contributed by atoms with Gasteiger partial charge in [-0.1, -0.05) is 12.1 Å². The Morgan fingerprint density at radius 1 is 1.27 bits per heavy atom. The van der Waals surface area contributed by atoms with E-state index in [1.807, 2.05) is 0 Å². The van der Waals surface area contributed by atoms with Gasteiger partial charge in [-0.15, -0.1) is 0 Å². The highest BCUT2D eigenvalue weighted by atomic mass is 32.2. The number of nitrogens with zero attached hydrogens (tertiary/aromatic N) is 2. The molecular weight excluding hydrogens is 356 g/mol. The lowest BCUT2D eigenvalue weighted by molar-refractivity contribution is -0.116. The summed E-state index contributed by atoms with van der Waals surface area (Å²) >= 11 is 0. The van der Waals surface area contributed by atoms with E-state index in [1.165, 1.54) is 16.7 Å². The zero-order valence-electron chi connectivity index (χ0n) is 14.1. The second-order valence-corrected chi connectivity index (χ2v) is 7.66. The fourth-order valence-electron chi connectivity index (χ4n) is 2.49. The number of hydrogen-bond acceptors (Lipinski definition) is 5. The van der Waals surface area contributed by atoms with Gasteiger partial charge in [-0.3, -0.25) is 4.79 Å². The van der Waals surface area contributed by atoms with E-state index >= 15 is 0 Å². The maximum Gasteiger partial charge on any atom is 0.244 e. The molecule has 8 nitrogen and oxygen atoms in total. The summed E-state index contributed by atoms with van der Waals surface area (Å²) in [5, 5.41) is 2.75. The molecule has 0 bridgehead atoms. The number of nitrogens with one attached hydrogen (secondary N) is 2. The maximum atomic E-state index is 12.5. The number of H-pyrrole nitrogens is 1. The van der Waals surface area contributed by atoms with Crippen LogP contribution in [0.3, 0.4) is 0 Å². The molecule has 1 aliphatic heterocycles. The number of imidazole rings is 1. The quantitative estimate of drug-likeness (QED) is 0.725. The average Bonchev–Trinajstić information content (AvgIpc) is 3.19. The van der Waals surface area contributed by atoms with Crippen molar-refractivity contribution >= 4 is 22.0 Å². The Morgan fingerprint density at radius 3 is 2.65 bits per heavy atom. The Kier molecular flexibility index (Phi) is 5.82. The molecule has 0 unspecified atom stereocenters. The molecule has 0 atom stereocenters. The zero-order chi connectivity index (χ0) is 18.4. The summed E-state index contributed by atoms with van der Waals surface area (Å²) in [5.74, 6) is -0.246. The number of benzene rings is 1. The van der Waals surface area contributed by atoms with Gasteiger partial charge in [0.2, 0.25) is 15.9 Å². The Hall–Kier alpha value is -2.49. The molecule has 1 fully saturated rings.